The molecule has 0 radical (unpaired) electrons. The van der Waals surface area contributed by atoms with E-state index in [9.17, 15) is 4.39 Å². The summed E-state index contributed by atoms with van der Waals surface area (Å²) in [5.41, 5.74) is 4.21. The van der Waals surface area contributed by atoms with E-state index in [2.05, 4.69) is 26.6 Å². The van der Waals surface area contributed by atoms with Crippen LogP contribution in [0.2, 0.25) is 0 Å². The number of nitriles is 1. The highest BCUT2D eigenvalue weighted by Gasteiger charge is 2.16. The van der Waals surface area contributed by atoms with Crippen molar-refractivity contribution >= 4 is 36.8 Å². The van der Waals surface area contributed by atoms with Gasteiger partial charge in [0.05, 0.1) is 23.2 Å². The van der Waals surface area contributed by atoms with Gasteiger partial charge in [0, 0.05) is 26.0 Å². The van der Waals surface area contributed by atoms with Gasteiger partial charge in [0.15, 0.2) is 11.5 Å². The molecule has 1 aromatic carbocycles. The number of rotatable bonds is 4. The van der Waals surface area contributed by atoms with Crippen LogP contribution in [0.1, 0.15) is 11.3 Å². The van der Waals surface area contributed by atoms with E-state index in [1.807, 2.05) is 30.8 Å². The van der Waals surface area contributed by atoms with Gasteiger partial charge in [0.2, 0.25) is 0 Å². The second-order valence-corrected chi connectivity index (χ2v) is 6.83. The summed E-state index contributed by atoms with van der Waals surface area (Å²) in [6.07, 6.45) is 3.25. The monoisotopic (exact) mass is 356 g/mol. The van der Waals surface area contributed by atoms with E-state index in [4.69, 9.17) is 5.26 Å². The summed E-state index contributed by atoms with van der Waals surface area (Å²) in [6, 6.07) is 5.64. The molecule has 0 fully saturated rings. The van der Waals surface area contributed by atoms with Crippen molar-refractivity contribution in [2.75, 3.05) is 23.7 Å². The van der Waals surface area contributed by atoms with Crippen molar-refractivity contribution in [2.45, 2.75) is 6.92 Å². The third kappa shape index (κ3) is 3.01. The first-order valence-electron chi connectivity index (χ1n) is 7.64. The molecule has 0 aliphatic rings. The molecule has 1 unspecified atom stereocenters. The highest BCUT2D eigenvalue weighted by Crippen LogP contribution is 2.35. The number of imidazole rings is 1. The van der Waals surface area contributed by atoms with Crippen molar-refractivity contribution < 1.29 is 4.39 Å². The first-order chi connectivity index (χ1) is 12.0. The number of nitrogens with one attached hydrogen (secondary N) is 1. The number of benzene rings is 1. The third-order valence-electron chi connectivity index (χ3n) is 4.09. The van der Waals surface area contributed by atoms with Gasteiger partial charge in [-0.05, 0) is 40.0 Å². The fourth-order valence-corrected chi connectivity index (χ4v) is 3.02. The summed E-state index contributed by atoms with van der Waals surface area (Å²) < 4.78 is 18.5. The van der Waals surface area contributed by atoms with E-state index < -0.39 is 5.82 Å². The summed E-state index contributed by atoms with van der Waals surface area (Å²) in [5, 5.41) is 12.1. The molecule has 6 nitrogen and oxygen atoms in total. The van der Waals surface area contributed by atoms with Crippen LogP contribution in [0.3, 0.4) is 0 Å². The van der Waals surface area contributed by atoms with Crippen molar-refractivity contribution in [3.8, 4) is 6.07 Å². The number of anilines is 3. The van der Waals surface area contributed by atoms with Gasteiger partial charge >= 0.3 is 0 Å². The van der Waals surface area contributed by atoms with Crippen LogP contribution in [0.25, 0.3) is 11.0 Å². The van der Waals surface area contributed by atoms with Crippen molar-refractivity contribution in [2.24, 2.45) is 7.05 Å². The summed E-state index contributed by atoms with van der Waals surface area (Å²) in [4.78, 5) is 8.28. The van der Waals surface area contributed by atoms with Gasteiger partial charge in [0.25, 0.3) is 0 Å². The SMILES string of the molecule is CPN(C)c1cc(Nc2c(C)cnc(C#N)c2F)cc2c1ncn2C. The minimum Gasteiger partial charge on any atom is -0.355 e. The number of fused-ring (bicyclic) bond motifs is 1. The Morgan fingerprint density at radius 3 is 2.80 bits per heavy atom. The first-order valence-corrected chi connectivity index (χ1v) is 9.09. The summed E-state index contributed by atoms with van der Waals surface area (Å²) in [7, 11) is 4.49. The Balaban J connectivity index is 2.15. The molecule has 0 saturated carbocycles. The molecule has 2 aromatic heterocycles. The number of halogens is 1. The largest absolute Gasteiger partial charge is 0.355 e. The Morgan fingerprint density at radius 2 is 2.12 bits per heavy atom. The standard InChI is InChI=1S/C17H18FN6P/c1-10-8-20-12(7-19)15(18)16(10)22-11-5-13-17(21-9-23(13)2)14(6-11)24(3)25-4/h5-6,8-9,25H,1-4H3,(H,20,22). The minimum atomic E-state index is -0.639. The molecule has 3 aromatic rings. The molecule has 0 spiro atoms. The van der Waals surface area contributed by atoms with Gasteiger partial charge in [-0.1, -0.05) is 0 Å². The Kier molecular flexibility index (Phi) is 4.56. The Labute approximate surface area is 147 Å². The number of aromatic nitrogens is 3. The highest BCUT2D eigenvalue weighted by atomic mass is 31.1. The molecule has 1 N–H and O–H groups in total. The molecular formula is C17H18FN6P. The van der Waals surface area contributed by atoms with Crippen LogP contribution in [-0.2, 0) is 7.05 Å². The summed E-state index contributed by atoms with van der Waals surface area (Å²) in [5.74, 6) is -0.639. The maximum atomic E-state index is 14.5. The van der Waals surface area contributed by atoms with Gasteiger partial charge in [-0.3, -0.25) is 0 Å². The van der Waals surface area contributed by atoms with E-state index in [-0.39, 0.29) is 11.4 Å². The number of pyridine rings is 1. The van der Waals surface area contributed by atoms with Gasteiger partial charge < -0.3 is 14.6 Å². The van der Waals surface area contributed by atoms with Gasteiger partial charge in [-0.2, -0.15) is 5.26 Å². The number of aryl methyl sites for hydroxylation is 2. The van der Waals surface area contributed by atoms with Crippen LogP contribution in [0.4, 0.5) is 21.5 Å². The zero-order valence-electron chi connectivity index (χ0n) is 14.4. The van der Waals surface area contributed by atoms with E-state index in [1.54, 1.807) is 19.3 Å². The molecule has 25 heavy (non-hydrogen) atoms. The lowest BCUT2D eigenvalue weighted by atomic mass is 10.2. The molecular weight excluding hydrogens is 338 g/mol. The molecule has 0 saturated heterocycles. The number of nitrogens with zero attached hydrogens (tertiary/aromatic N) is 5. The van der Waals surface area contributed by atoms with Crippen LogP contribution in [0.15, 0.2) is 24.7 Å². The van der Waals surface area contributed by atoms with Crippen LogP contribution >= 0.6 is 8.73 Å². The van der Waals surface area contributed by atoms with E-state index >= 15 is 0 Å². The molecule has 0 amide bonds. The van der Waals surface area contributed by atoms with Gasteiger partial charge in [-0.25, -0.2) is 14.4 Å². The average Bonchev–Trinajstić information content (AvgIpc) is 2.98. The minimum absolute atomic E-state index is 0.220. The molecule has 2 heterocycles. The Bertz CT molecular complexity index is 991. The average molecular weight is 356 g/mol. The van der Waals surface area contributed by atoms with Gasteiger partial charge in [0.1, 0.15) is 11.6 Å². The van der Waals surface area contributed by atoms with Crippen molar-refractivity contribution in [1.82, 2.24) is 14.5 Å². The lowest BCUT2D eigenvalue weighted by molar-refractivity contribution is 0.619. The van der Waals surface area contributed by atoms with Crippen molar-refractivity contribution in [1.29, 1.82) is 5.26 Å². The maximum absolute atomic E-state index is 14.5. The fourth-order valence-electron chi connectivity index (χ4n) is 2.61. The van der Waals surface area contributed by atoms with Crippen LogP contribution in [-0.4, -0.2) is 28.2 Å². The van der Waals surface area contributed by atoms with Gasteiger partial charge in [-0.15, -0.1) is 0 Å². The molecule has 8 heteroatoms. The van der Waals surface area contributed by atoms with Crippen molar-refractivity contribution in [3.63, 3.8) is 0 Å². The predicted molar refractivity (Wildman–Crippen MR) is 100 cm³/mol. The quantitative estimate of drug-likeness (QED) is 0.722. The predicted octanol–water partition coefficient (Wildman–Crippen LogP) is 3.69. The smallest absolute Gasteiger partial charge is 0.183 e. The lowest BCUT2D eigenvalue weighted by Gasteiger charge is -2.19. The molecule has 0 aliphatic heterocycles. The van der Waals surface area contributed by atoms with Crippen LogP contribution in [0.5, 0.6) is 0 Å². The zero-order chi connectivity index (χ0) is 18.1. The summed E-state index contributed by atoms with van der Waals surface area (Å²) in [6.45, 7) is 3.84. The topological polar surface area (TPSA) is 69.8 Å². The first kappa shape index (κ1) is 17.1. The normalized spacial score (nSPS) is 11.2. The molecule has 0 bridgehead atoms. The molecule has 3 rings (SSSR count). The molecule has 0 aliphatic carbocycles. The van der Waals surface area contributed by atoms with Crippen molar-refractivity contribution in [3.05, 3.63) is 41.7 Å². The van der Waals surface area contributed by atoms with E-state index in [1.165, 1.54) is 6.20 Å². The number of hydrogen-bond donors (Lipinski definition) is 1. The zero-order valence-corrected chi connectivity index (χ0v) is 15.4. The van der Waals surface area contributed by atoms with Crippen LogP contribution in [0, 0.1) is 24.1 Å². The van der Waals surface area contributed by atoms with E-state index in [0.717, 1.165) is 22.4 Å². The fraction of sp³-hybridized carbons (Fsp3) is 0.235. The molecule has 1 atom stereocenters. The third-order valence-corrected chi connectivity index (χ3v) is 5.00. The second kappa shape index (κ2) is 6.66. The Morgan fingerprint density at radius 1 is 1.36 bits per heavy atom. The second-order valence-electron chi connectivity index (χ2n) is 5.72. The maximum Gasteiger partial charge on any atom is 0.183 e. The highest BCUT2D eigenvalue weighted by molar-refractivity contribution is 7.39. The molecule has 128 valence electrons. The number of hydrogen-bond acceptors (Lipinski definition) is 5. The van der Waals surface area contributed by atoms with E-state index in [0.29, 0.717) is 14.3 Å². The lowest BCUT2D eigenvalue weighted by Crippen LogP contribution is -2.06. The Hall–Kier alpha value is -2.71. The van der Waals surface area contributed by atoms with Crippen LogP contribution < -0.4 is 9.99 Å². The summed E-state index contributed by atoms with van der Waals surface area (Å²) >= 11 is 0.